The van der Waals surface area contributed by atoms with Crippen molar-refractivity contribution in [3.05, 3.63) is 78.4 Å². The molecule has 1 N–H and O–H groups in total. The standard InChI is InChI=1S/C25H26N2O4/c1-17(18-8-6-10-20(14-18)29-2)26-25(28)24-16-27(19-9-7-11-21(15-19)30-3)22-12-4-5-13-23(22)31-24/h4-15,17,24H,16H2,1-3H3,(H,26,28). The summed E-state index contributed by atoms with van der Waals surface area (Å²) in [4.78, 5) is 15.2. The summed E-state index contributed by atoms with van der Waals surface area (Å²) >= 11 is 0. The van der Waals surface area contributed by atoms with Gasteiger partial charge in [-0.25, -0.2) is 0 Å². The van der Waals surface area contributed by atoms with Crippen molar-refractivity contribution in [2.24, 2.45) is 0 Å². The van der Waals surface area contributed by atoms with Crippen LogP contribution in [0.15, 0.2) is 72.8 Å². The van der Waals surface area contributed by atoms with Gasteiger partial charge in [0.25, 0.3) is 5.91 Å². The molecule has 3 aromatic carbocycles. The molecule has 1 amide bonds. The number of amides is 1. The van der Waals surface area contributed by atoms with Crippen molar-refractivity contribution in [1.29, 1.82) is 0 Å². The molecule has 1 heterocycles. The first kappa shape index (κ1) is 20.6. The van der Waals surface area contributed by atoms with Crippen molar-refractivity contribution in [1.82, 2.24) is 5.32 Å². The lowest BCUT2D eigenvalue weighted by atomic mass is 10.1. The van der Waals surface area contributed by atoms with E-state index < -0.39 is 6.10 Å². The van der Waals surface area contributed by atoms with E-state index in [0.717, 1.165) is 28.4 Å². The average molecular weight is 418 g/mol. The zero-order valence-corrected chi connectivity index (χ0v) is 17.9. The molecule has 0 fully saturated rings. The van der Waals surface area contributed by atoms with E-state index in [1.807, 2.05) is 79.7 Å². The van der Waals surface area contributed by atoms with Crippen molar-refractivity contribution in [3.63, 3.8) is 0 Å². The highest BCUT2D eigenvalue weighted by Gasteiger charge is 2.32. The second-order valence-corrected chi connectivity index (χ2v) is 7.39. The van der Waals surface area contributed by atoms with Crippen LogP contribution in [0.2, 0.25) is 0 Å². The van der Waals surface area contributed by atoms with E-state index in [-0.39, 0.29) is 11.9 Å². The van der Waals surface area contributed by atoms with Crippen LogP contribution in [0.5, 0.6) is 17.2 Å². The van der Waals surface area contributed by atoms with Crippen molar-refractivity contribution in [2.75, 3.05) is 25.7 Å². The Labute approximate surface area is 182 Å². The van der Waals surface area contributed by atoms with Crippen molar-refractivity contribution >= 4 is 17.3 Å². The van der Waals surface area contributed by atoms with E-state index in [9.17, 15) is 4.79 Å². The molecule has 31 heavy (non-hydrogen) atoms. The van der Waals surface area contributed by atoms with E-state index in [1.54, 1.807) is 14.2 Å². The van der Waals surface area contributed by atoms with Gasteiger partial charge in [-0.1, -0.05) is 30.3 Å². The Morgan fingerprint density at radius 2 is 1.71 bits per heavy atom. The van der Waals surface area contributed by atoms with Crippen molar-refractivity contribution in [3.8, 4) is 17.2 Å². The molecule has 0 bridgehead atoms. The molecule has 0 saturated heterocycles. The largest absolute Gasteiger partial charge is 0.497 e. The number of hydrogen-bond acceptors (Lipinski definition) is 5. The van der Waals surface area contributed by atoms with Gasteiger partial charge in [-0.2, -0.15) is 0 Å². The fraction of sp³-hybridized carbons (Fsp3) is 0.240. The number of rotatable bonds is 6. The third kappa shape index (κ3) is 4.43. The molecule has 6 nitrogen and oxygen atoms in total. The van der Waals surface area contributed by atoms with Crippen LogP contribution < -0.4 is 24.4 Å². The van der Waals surface area contributed by atoms with E-state index in [4.69, 9.17) is 14.2 Å². The molecule has 0 aliphatic carbocycles. The molecule has 160 valence electrons. The number of carbonyl (C=O) groups is 1. The average Bonchev–Trinajstić information content (AvgIpc) is 2.83. The Bertz CT molecular complexity index is 1070. The summed E-state index contributed by atoms with van der Waals surface area (Å²) in [6, 6.07) is 23.0. The van der Waals surface area contributed by atoms with Gasteiger partial charge in [-0.3, -0.25) is 4.79 Å². The lowest BCUT2D eigenvalue weighted by Gasteiger charge is -2.36. The second-order valence-electron chi connectivity index (χ2n) is 7.39. The first-order valence-corrected chi connectivity index (χ1v) is 10.2. The van der Waals surface area contributed by atoms with E-state index >= 15 is 0 Å². The molecule has 2 atom stereocenters. The molecule has 0 radical (unpaired) electrons. The Morgan fingerprint density at radius 1 is 1.00 bits per heavy atom. The number of hydrogen-bond donors (Lipinski definition) is 1. The van der Waals surface area contributed by atoms with Gasteiger partial charge in [-0.15, -0.1) is 0 Å². The van der Waals surface area contributed by atoms with Gasteiger partial charge in [0.15, 0.2) is 6.10 Å². The molecular formula is C25H26N2O4. The van der Waals surface area contributed by atoms with Gasteiger partial charge in [0.05, 0.1) is 32.5 Å². The van der Waals surface area contributed by atoms with Gasteiger partial charge in [0.1, 0.15) is 17.2 Å². The number of anilines is 2. The number of nitrogens with zero attached hydrogens (tertiary/aromatic N) is 1. The Morgan fingerprint density at radius 3 is 2.48 bits per heavy atom. The van der Waals surface area contributed by atoms with Crippen LogP contribution in [-0.2, 0) is 4.79 Å². The highest BCUT2D eigenvalue weighted by molar-refractivity contribution is 5.85. The number of nitrogens with one attached hydrogen (secondary N) is 1. The van der Waals surface area contributed by atoms with Gasteiger partial charge in [0, 0.05) is 11.8 Å². The van der Waals surface area contributed by atoms with Crippen LogP contribution in [0.1, 0.15) is 18.5 Å². The third-order valence-corrected chi connectivity index (χ3v) is 5.38. The quantitative estimate of drug-likeness (QED) is 0.640. The van der Waals surface area contributed by atoms with Crippen LogP contribution in [0.3, 0.4) is 0 Å². The van der Waals surface area contributed by atoms with E-state index in [2.05, 4.69) is 10.2 Å². The first-order valence-electron chi connectivity index (χ1n) is 10.2. The molecule has 1 aliphatic heterocycles. The highest BCUT2D eigenvalue weighted by atomic mass is 16.5. The summed E-state index contributed by atoms with van der Waals surface area (Å²) in [6.07, 6.45) is -0.658. The normalized spacial score (nSPS) is 16.0. The van der Waals surface area contributed by atoms with Gasteiger partial charge >= 0.3 is 0 Å². The van der Waals surface area contributed by atoms with Crippen molar-refractivity contribution < 1.29 is 19.0 Å². The minimum Gasteiger partial charge on any atom is -0.497 e. The van der Waals surface area contributed by atoms with Crippen LogP contribution in [0.4, 0.5) is 11.4 Å². The molecular weight excluding hydrogens is 392 g/mol. The van der Waals surface area contributed by atoms with Crippen LogP contribution >= 0.6 is 0 Å². The minimum atomic E-state index is -0.658. The summed E-state index contributed by atoms with van der Waals surface area (Å²) in [5.74, 6) is 2.02. The number of benzene rings is 3. The van der Waals surface area contributed by atoms with Crippen LogP contribution in [-0.4, -0.2) is 32.8 Å². The zero-order chi connectivity index (χ0) is 21.8. The Kier molecular flexibility index (Phi) is 5.98. The minimum absolute atomic E-state index is 0.169. The summed E-state index contributed by atoms with van der Waals surface area (Å²) in [6.45, 7) is 2.34. The van der Waals surface area contributed by atoms with Gasteiger partial charge in [0.2, 0.25) is 0 Å². The molecule has 1 aliphatic rings. The highest BCUT2D eigenvalue weighted by Crippen LogP contribution is 2.39. The molecule has 3 aromatic rings. The Balaban J connectivity index is 1.57. The maximum atomic E-state index is 13.1. The molecule has 4 rings (SSSR count). The fourth-order valence-corrected chi connectivity index (χ4v) is 3.69. The number of methoxy groups -OCH3 is 2. The number of ether oxygens (including phenoxy) is 3. The monoisotopic (exact) mass is 418 g/mol. The molecule has 6 heteroatoms. The second kappa shape index (κ2) is 9.00. The first-order chi connectivity index (χ1) is 15.1. The van der Waals surface area contributed by atoms with E-state index in [1.165, 1.54) is 0 Å². The molecule has 0 spiro atoms. The number of fused-ring (bicyclic) bond motifs is 1. The van der Waals surface area contributed by atoms with Crippen LogP contribution in [0, 0.1) is 0 Å². The summed E-state index contributed by atoms with van der Waals surface area (Å²) in [5.41, 5.74) is 2.82. The summed E-state index contributed by atoms with van der Waals surface area (Å²) in [5, 5.41) is 3.07. The number of carbonyl (C=O) groups excluding carboxylic acids is 1. The third-order valence-electron chi connectivity index (χ3n) is 5.38. The summed E-state index contributed by atoms with van der Waals surface area (Å²) < 4.78 is 16.7. The smallest absolute Gasteiger partial charge is 0.263 e. The lowest BCUT2D eigenvalue weighted by Crippen LogP contribution is -2.48. The van der Waals surface area contributed by atoms with Crippen molar-refractivity contribution in [2.45, 2.75) is 19.1 Å². The Hall–Kier alpha value is -3.67. The maximum Gasteiger partial charge on any atom is 0.263 e. The summed E-state index contributed by atoms with van der Waals surface area (Å²) in [7, 11) is 3.27. The van der Waals surface area contributed by atoms with Gasteiger partial charge < -0.3 is 24.4 Å². The molecule has 2 unspecified atom stereocenters. The number of para-hydroxylation sites is 2. The van der Waals surface area contributed by atoms with Gasteiger partial charge in [-0.05, 0) is 48.9 Å². The maximum absolute atomic E-state index is 13.1. The van der Waals surface area contributed by atoms with E-state index in [0.29, 0.717) is 12.3 Å². The topological polar surface area (TPSA) is 60.0 Å². The molecule has 0 saturated carbocycles. The predicted octanol–water partition coefficient (Wildman–Crippen LogP) is 4.48. The SMILES string of the molecule is COc1cccc(C(C)NC(=O)C2CN(c3cccc(OC)c3)c3ccccc3O2)c1. The van der Waals surface area contributed by atoms with Crippen LogP contribution in [0.25, 0.3) is 0 Å². The zero-order valence-electron chi connectivity index (χ0n) is 17.9. The lowest BCUT2D eigenvalue weighted by molar-refractivity contribution is -0.128. The fourth-order valence-electron chi connectivity index (χ4n) is 3.69. The predicted molar refractivity (Wildman–Crippen MR) is 120 cm³/mol. The molecule has 0 aromatic heterocycles.